The summed E-state index contributed by atoms with van der Waals surface area (Å²) in [5.74, 6) is -0.423. The first-order valence-corrected chi connectivity index (χ1v) is 5.81. The molecule has 100 valence electrons. The Labute approximate surface area is 109 Å². The molecule has 0 spiro atoms. The van der Waals surface area contributed by atoms with E-state index in [-0.39, 0.29) is 17.9 Å². The second-order valence-corrected chi connectivity index (χ2v) is 3.84. The van der Waals surface area contributed by atoms with Gasteiger partial charge < -0.3 is 14.9 Å². The number of aromatic carboxylic acids is 1. The van der Waals surface area contributed by atoms with E-state index in [1.54, 1.807) is 24.3 Å². The number of aromatic nitrogens is 2. The van der Waals surface area contributed by atoms with Gasteiger partial charge in [-0.05, 0) is 31.2 Å². The smallest absolute Gasteiger partial charge is 0.356 e. The average molecular weight is 262 g/mol. The quantitative estimate of drug-likeness (QED) is 0.852. The van der Waals surface area contributed by atoms with Crippen LogP contribution in [0.2, 0.25) is 0 Å². The highest BCUT2D eigenvalue weighted by Crippen LogP contribution is 2.17. The SMILES string of the molecule is CCOc1ccc(-n2cc(CO)c(C(=O)O)n2)cc1. The maximum absolute atomic E-state index is 11.0. The van der Waals surface area contributed by atoms with Crippen molar-refractivity contribution in [3.8, 4) is 11.4 Å². The minimum atomic E-state index is -1.16. The Bertz CT molecular complexity index is 575. The third kappa shape index (κ3) is 2.74. The molecule has 0 aliphatic heterocycles. The van der Waals surface area contributed by atoms with Crippen LogP contribution >= 0.6 is 0 Å². The molecule has 1 aromatic heterocycles. The van der Waals surface area contributed by atoms with E-state index in [2.05, 4.69) is 5.10 Å². The van der Waals surface area contributed by atoms with Crippen molar-refractivity contribution in [3.63, 3.8) is 0 Å². The van der Waals surface area contributed by atoms with E-state index >= 15 is 0 Å². The van der Waals surface area contributed by atoms with E-state index in [1.165, 1.54) is 10.9 Å². The van der Waals surface area contributed by atoms with E-state index in [1.807, 2.05) is 6.92 Å². The molecular weight excluding hydrogens is 248 g/mol. The molecule has 0 saturated carbocycles. The van der Waals surface area contributed by atoms with Gasteiger partial charge in [0.2, 0.25) is 0 Å². The largest absolute Gasteiger partial charge is 0.494 e. The third-order valence-corrected chi connectivity index (χ3v) is 2.58. The zero-order valence-corrected chi connectivity index (χ0v) is 10.4. The van der Waals surface area contributed by atoms with Gasteiger partial charge in [-0.15, -0.1) is 0 Å². The first-order valence-electron chi connectivity index (χ1n) is 5.81. The first kappa shape index (κ1) is 13.1. The number of aliphatic hydroxyl groups excluding tert-OH is 1. The molecule has 0 bridgehead atoms. The molecule has 0 aliphatic carbocycles. The van der Waals surface area contributed by atoms with Crippen LogP contribution in [0.25, 0.3) is 5.69 Å². The Morgan fingerprint density at radius 1 is 1.37 bits per heavy atom. The van der Waals surface area contributed by atoms with Crippen LogP contribution in [0, 0.1) is 0 Å². The molecule has 6 nitrogen and oxygen atoms in total. The molecule has 0 amide bonds. The van der Waals surface area contributed by atoms with Crippen molar-refractivity contribution in [2.24, 2.45) is 0 Å². The Kier molecular flexibility index (Phi) is 3.82. The predicted octanol–water partition coefficient (Wildman–Crippen LogP) is 1.46. The van der Waals surface area contributed by atoms with E-state index in [9.17, 15) is 4.79 Å². The Morgan fingerprint density at radius 2 is 2.05 bits per heavy atom. The lowest BCUT2D eigenvalue weighted by Crippen LogP contribution is -2.02. The predicted molar refractivity (Wildman–Crippen MR) is 67.6 cm³/mol. The molecule has 0 fully saturated rings. The van der Waals surface area contributed by atoms with Crippen LogP contribution in [0.5, 0.6) is 5.75 Å². The standard InChI is InChI=1S/C13H14N2O4/c1-2-19-11-5-3-10(4-6-11)15-7-9(8-16)12(14-15)13(17)18/h3-7,16H,2,8H2,1H3,(H,17,18). The Hall–Kier alpha value is -2.34. The zero-order valence-electron chi connectivity index (χ0n) is 10.4. The van der Waals surface area contributed by atoms with Crippen LogP contribution < -0.4 is 4.74 Å². The van der Waals surface area contributed by atoms with Gasteiger partial charge in [0.05, 0.1) is 18.9 Å². The molecule has 1 heterocycles. The van der Waals surface area contributed by atoms with Gasteiger partial charge in [0, 0.05) is 11.8 Å². The molecule has 2 N–H and O–H groups in total. The summed E-state index contributed by atoms with van der Waals surface area (Å²) < 4.78 is 6.74. The lowest BCUT2D eigenvalue weighted by molar-refractivity contribution is 0.0686. The van der Waals surface area contributed by atoms with Gasteiger partial charge in [-0.25, -0.2) is 9.48 Å². The highest BCUT2D eigenvalue weighted by Gasteiger charge is 2.15. The van der Waals surface area contributed by atoms with Gasteiger partial charge in [-0.2, -0.15) is 5.10 Å². The lowest BCUT2D eigenvalue weighted by Gasteiger charge is -2.04. The van der Waals surface area contributed by atoms with Gasteiger partial charge in [0.25, 0.3) is 0 Å². The van der Waals surface area contributed by atoms with Gasteiger partial charge >= 0.3 is 5.97 Å². The fraction of sp³-hybridized carbons (Fsp3) is 0.231. The van der Waals surface area contributed by atoms with Crippen molar-refractivity contribution >= 4 is 5.97 Å². The number of carbonyl (C=O) groups is 1. The minimum absolute atomic E-state index is 0.142. The van der Waals surface area contributed by atoms with Crippen LogP contribution in [-0.2, 0) is 6.61 Å². The number of hydrogen-bond donors (Lipinski definition) is 2. The summed E-state index contributed by atoms with van der Waals surface area (Å²) in [6.07, 6.45) is 1.50. The number of carboxylic acids is 1. The molecular formula is C13H14N2O4. The molecule has 0 radical (unpaired) electrons. The monoisotopic (exact) mass is 262 g/mol. The normalized spacial score (nSPS) is 10.4. The van der Waals surface area contributed by atoms with E-state index in [0.717, 1.165) is 5.75 Å². The number of carboxylic acid groups (broad SMARTS) is 1. The highest BCUT2D eigenvalue weighted by atomic mass is 16.5. The van der Waals surface area contributed by atoms with Crippen molar-refractivity contribution in [2.75, 3.05) is 6.61 Å². The summed E-state index contributed by atoms with van der Waals surface area (Å²) in [7, 11) is 0. The molecule has 0 unspecified atom stereocenters. The van der Waals surface area contributed by atoms with Crippen LogP contribution in [0.15, 0.2) is 30.5 Å². The molecule has 0 aliphatic rings. The van der Waals surface area contributed by atoms with E-state index in [4.69, 9.17) is 14.9 Å². The van der Waals surface area contributed by atoms with Gasteiger partial charge in [-0.3, -0.25) is 0 Å². The molecule has 1 aromatic carbocycles. The van der Waals surface area contributed by atoms with E-state index < -0.39 is 5.97 Å². The van der Waals surface area contributed by atoms with Crippen molar-refractivity contribution in [3.05, 3.63) is 41.7 Å². The average Bonchev–Trinajstić information content (AvgIpc) is 2.84. The lowest BCUT2D eigenvalue weighted by atomic mass is 10.2. The van der Waals surface area contributed by atoms with Crippen molar-refractivity contribution in [2.45, 2.75) is 13.5 Å². The molecule has 2 aromatic rings. The maximum atomic E-state index is 11.0. The topological polar surface area (TPSA) is 84.6 Å². The van der Waals surface area contributed by atoms with Gasteiger partial charge in [-0.1, -0.05) is 0 Å². The summed E-state index contributed by atoms with van der Waals surface area (Å²) in [5.41, 5.74) is 0.837. The highest BCUT2D eigenvalue weighted by molar-refractivity contribution is 5.87. The molecule has 19 heavy (non-hydrogen) atoms. The fourth-order valence-corrected chi connectivity index (χ4v) is 1.70. The number of rotatable bonds is 5. The second-order valence-electron chi connectivity index (χ2n) is 3.84. The number of ether oxygens (including phenoxy) is 1. The van der Waals surface area contributed by atoms with Crippen LogP contribution in [0.3, 0.4) is 0 Å². The summed E-state index contributed by atoms with van der Waals surface area (Å²) >= 11 is 0. The van der Waals surface area contributed by atoms with Crippen molar-refractivity contribution in [1.29, 1.82) is 0 Å². The summed E-state index contributed by atoms with van der Waals surface area (Å²) in [4.78, 5) is 11.0. The number of hydrogen-bond acceptors (Lipinski definition) is 4. The first-order chi connectivity index (χ1) is 9.15. The number of benzene rings is 1. The van der Waals surface area contributed by atoms with Gasteiger partial charge in [0.1, 0.15) is 5.75 Å². The van der Waals surface area contributed by atoms with E-state index in [0.29, 0.717) is 12.3 Å². The molecule has 0 atom stereocenters. The summed E-state index contributed by atoms with van der Waals surface area (Å²) in [6.45, 7) is 2.12. The fourth-order valence-electron chi connectivity index (χ4n) is 1.70. The third-order valence-electron chi connectivity index (χ3n) is 2.58. The number of nitrogens with zero attached hydrogens (tertiary/aromatic N) is 2. The maximum Gasteiger partial charge on any atom is 0.356 e. The summed E-state index contributed by atoms with van der Waals surface area (Å²) in [6, 6.07) is 7.09. The summed E-state index contributed by atoms with van der Waals surface area (Å²) in [5, 5.41) is 22.0. The van der Waals surface area contributed by atoms with Crippen LogP contribution in [0.1, 0.15) is 23.0 Å². The minimum Gasteiger partial charge on any atom is -0.494 e. The van der Waals surface area contributed by atoms with Crippen LogP contribution in [0.4, 0.5) is 0 Å². The zero-order chi connectivity index (χ0) is 13.8. The van der Waals surface area contributed by atoms with Crippen molar-refractivity contribution < 1.29 is 19.7 Å². The van der Waals surface area contributed by atoms with Crippen molar-refractivity contribution in [1.82, 2.24) is 9.78 Å². The van der Waals surface area contributed by atoms with Crippen LogP contribution in [-0.4, -0.2) is 32.6 Å². The number of aliphatic hydroxyl groups is 1. The second kappa shape index (κ2) is 5.53. The van der Waals surface area contributed by atoms with Gasteiger partial charge in [0.15, 0.2) is 5.69 Å². The Balaban J connectivity index is 2.33. The molecule has 0 saturated heterocycles. The Morgan fingerprint density at radius 3 is 2.53 bits per heavy atom. The molecule has 6 heteroatoms. The molecule has 2 rings (SSSR count).